The zero-order chi connectivity index (χ0) is 18.0. The zero-order valence-corrected chi connectivity index (χ0v) is 15.4. The molecule has 1 aromatic heterocycles. The van der Waals surface area contributed by atoms with E-state index < -0.39 is 5.91 Å². The molecule has 0 spiro atoms. The van der Waals surface area contributed by atoms with Crippen molar-refractivity contribution in [3.63, 3.8) is 0 Å². The molecule has 25 heavy (non-hydrogen) atoms. The molecule has 0 saturated heterocycles. The first-order valence-electron chi connectivity index (χ1n) is 7.29. The number of nitrogens with one attached hydrogen (secondary N) is 1. The van der Waals surface area contributed by atoms with E-state index in [1.54, 1.807) is 49.4 Å². The monoisotopic (exact) mass is 418 g/mol. The summed E-state index contributed by atoms with van der Waals surface area (Å²) in [4.78, 5) is 25.2. The highest BCUT2D eigenvalue weighted by Gasteiger charge is 2.20. The predicted molar refractivity (Wildman–Crippen MR) is 98.2 cm³/mol. The molecular formula is C18H12BrClN2O3. The van der Waals surface area contributed by atoms with Crippen molar-refractivity contribution in [2.45, 2.75) is 6.92 Å². The van der Waals surface area contributed by atoms with Gasteiger partial charge in [-0.15, -0.1) is 0 Å². The number of hydrogen-bond acceptors (Lipinski definition) is 4. The topological polar surface area (TPSA) is 72.2 Å². The van der Waals surface area contributed by atoms with Gasteiger partial charge < -0.3 is 9.84 Å². The van der Waals surface area contributed by atoms with E-state index in [2.05, 4.69) is 26.4 Å². The van der Waals surface area contributed by atoms with Crippen LogP contribution in [0.25, 0.3) is 0 Å². The first-order valence-corrected chi connectivity index (χ1v) is 8.46. The molecule has 0 saturated carbocycles. The van der Waals surface area contributed by atoms with E-state index in [1.165, 1.54) is 6.07 Å². The van der Waals surface area contributed by atoms with Crippen molar-refractivity contribution in [2.75, 3.05) is 5.32 Å². The number of carbonyl (C=O) groups excluding carboxylic acids is 2. The lowest BCUT2D eigenvalue weighted by atomic mass is 10.0. The van der Waals surface area contributed by atoms with Gasteiger partial charge in [-0.1, -0.05) is 44.8 Å². The van der Waals surface area contributed by atoms with Gasteiger partial charge in [0.25, 0.3) is 5.91 Å². The molecule has 0 aliphatic carbocycles. The van der Waals surface area contributed by atoms with Crippen LogP contribution < -0.4 is 5.32 Å². The fourth-order valence-corrected chi connectivity index (χ4v) is 2.84. The lowest BCUT2D eigenvalue weighted by Gasteiger charge is -2.11. The minimum atomic E-state index is -0.490. The largest absolute Gasteiger partial charge is 0.351 e. The van der Waals surface area contributed by atoms with Crippen LogP contribution in [0.4, 0.5) is 5.69 Å². The van der Waals surface area contributed by atoms with E-state index >= 15 is 0 Å². The van der Waals surface area contributed by atoms with E-state index in [-0.39, 0.29) is 11.5 Å². The Morgan fingerprint density at radius 3 is 2.56 bits per heavy atom. The number of hydrogen-bond donors (Lipinski definition) is 1. The summed E-state index contributed by atoms with van der Waals surface area (Å²) in [5, 5.41) is 6.71. The highest BCUT2D eigenvalue weighted by molar-refractivity contribution is 9.10. The molecule has 0 unspecified atom stereocenters. The highest BCUT2D eigenvalue weighted by Crippen LogP contribution is 2.27. The third kappa shape index (κ3) is 3.81. The fraction of sp³-hybridized carbons (Fsp3) is 0.0556. The molecule has 5 nitrogen and oxygen atoms in total. The molecule has 3 rings (SSSR count). The van der Waals surface area contributed by atoms with E-state index in [4.69, 9.17) is 16.1 Å². The second-order valence-corrected chi connectivity index (χ2v) is 6.61. The second kappa shape index (κ2) is 7.21. The maximum atomic E-state index is 12.9. The Labute approximate surface area is 157 Å². The van der Waals surface area contributed by atoms with Crippen molar-refractivity contribution in [1.82, 2.24) is 5.16 Å². The molecule has 1 amide bonds. The van der Waals surface area contributed by atoms with Crippen LogP contribution in [-0.2, 0) is 0 Å². The van der Waals surface area contributed by atoms with Crippen molar-refractivity contribution in [3.8, 4) is 0 Å². The van der Waals surface area contributed by atoms with E-state index in [0.29, 0.717) is 32.0 Å². The maximum Gasteiger partial charge on any atom is 0.294 e. The molecule has 126 valence electrons. The molecule has 2 aromatic carbocycles. The zero-order valence-electron chi connectivity index (χ0n) is 13.0. The number of benzene rings is 2. The van der Waals surface area contributed by atoms with Crippen molar-refractivity contribution < 1.29 is 14.1 Å². The molecule has 1 N–H and O–H groups in total. The average molecular weight is 420 g/mol. The minimum absolute atomic E-state index is 0.0663. The van der Waals surface area contributed by atoms with Gasteiger partial charge >= 0.3 is 0 Å². The first-order chi connectivity index (χ1) is 12.0. The first kappa shape index (κ1) is 17.4. The van der Waals surface area contributed by atoms with Gasteiger partial charge in [0, 0.05) is 21.7 Å². The number of amides is 1. The normalized spacial score (nSPS) is 10.5. The average Bonchev–Trinajstić information content (AvgIpc) is 3.03. The van der Waals surface area contributed by atoms with Gasteiger partial charge in [-0.3, -0.25) is 9.59 Å². The summed E-state index contributed by atoms with van der Waals surface area (Å²) in [5.41, 5.74) is 1.61. The van der Waals surface area contributed by atoms with E-state index in [9.17, 15) is 9.59 Å². The summed E-state index contributed by atoms with van der Waals surface area (Å²) < 4.78 is 5.65. The van der Waals surface area contributed by atoms with Crippen LogP contribution in [0.1, 0.15) is 32.2 Å². The maximum absolute atomic E-state index is 12.9. The van der Waals surface area contributed by atoms with E-state index in [1.807, 2.05) is 0 Å². The number of rotatable bonds is 4. The van der Waals surface area contributed by atoms with Gasteiger partial charge in [0.05, 0.1) is 16.4 Å². The fourth-order valence-electron chi connectivity index (χ4n) is 2.26. The summed E-state index contributed by atoms with van der Waals surface area (Å²) in [6, 6.07) is 13.3. The number of aromatic nitrogens is 1. The van der Waals surface area contributed by atoms with Gasteiger partial charge in [0.1, 0.15) is 0 Å². The molecule has 7 heteroatoms. The molecule has 0 aliphatic heterocycles. The second-order valence-electron chi connectivity index (χ2n) is 5.29. The Balaban J connectivity index is 1.97. The molecule has 0 bridgehead atoms. The van der Waals surface area contributed by atoms with Crippen molar-refractivity contribution >= 4 is 44.9 Å². The van der Waals surface area contributed by atoms with Crippen molar-refractivity contribution in [3.05, 3.63) is 80.6 Å². The van der Waals surface area contributed by atoms with Gasteiger partial charge in [-0.2, -0.15) is 0 Å². The van der Waals surface area contributed by atoms with Crippen LogP contribution >= 0.6 is 27.5 Å². The standard InChI is InChI=1S/C18H12BrClN2O3/c1-10-8-16(25-22-10)18(24)21-15-7-6-11(19)9-13(15)17(23)12-4-2-3-5-14(12)20/h2-9H,1H3,(H,21,24). The van der Waals surface area contributed by atoms with Crippen molar-refractivity contribution in [2.24, 2.45) is 0 Å². The lowest BCUT2D eigenvalue weighted by molar-refractivity contribution is 0.0988. The summed E-state index contributed by atoms with van der Waals surface area (Å²) in [6.45, 7) is 1.71. The highest BCUT2D eigenvalue weighted by atomic mass is 79.9. The van der Waals surface area contributed by atoms with Gasteiger partial charge in [0.2, 0.25) is 5.76 Å². The number of carbonyl (C=O) groups is 2. The smallest absolute Gasteiger partial charge is 0.294 e. The number of aryl methyl sites for hydroxylation is 1. The molecule has 3 aromatic rings. The number of nitrogens with zero attached hydrogens (tertiary/aromatic N) is 1. The third-order valence-electron chi connectivity index (χ3n) is 3.44. The minimum Gasteiger partial charge on any atom is -0.351 e. The van der Waals surface area contributed by atoms with Crippen LogP contribution in [-0.4, -0.2) is 16.8 Å². The Morgan fingerprint density at radius 2 is 1.88 bits per heavy atom. The van der Waals surface area contributed by atoms with Crippen molar-refractivity contribution in [1.29, 1.82) is 0 Å². The Morgan fingerprint density at radius 1 is 1.12 bits per heavy atom. The van der Waals surface area contributed by atoms with Gasteiger partial charge in [0.15, 0.2) is 5.78 Å². The number of halogens is 2. The third-order valence-corrected chi connectivity index (χ3v) is 4.27. The van der Waals surface area contributed by atoms with Crippen LogP contribution in [0.5, 0.6) is 0 Å². The Bertz CT molecular complexity index is 968. The summed E-state index contributed by atoms with van der Waals surface area (Å²) in [6.07, 6.45) is 0. The van der Waals surface area contributed by atoms with Crippen LogP contribution in [0.15, 0.2) is 57.5 Å². The molecule has 0 fully saturated rings. The van der Waals surface area contributed by atoms with Crippen LogP contribution in [0.3, 0.4) is 0 Å². The molecule has 0 radical (unpaired) electrons. The molecule has 1 heterocycles. The SMILES string of the molecule is Cc1cc(C(=O)Nc2ccc(Br)cc2C(=O)c2ccccc2Cl)on1. The quantitative estimate of drug-likeness (QED) is 0.612. The summed E-state index contributed by atoms with van der Waals surface area (Å²) in [7, 11) is 0. The number of anilines is 1. The van der Waals surface area contributed by atoms with Gasteiger partial charge in [-0.25, -0.2) is 0 Å². The summed E-state index contributed by atoms with van der Waals surface area (Å²) in [5.74, 6) is -0.719. The van der Waals surface area contributed by atoms with E-state index in [0.717, 1.165) is 0 Å². The summed E-state index contributed by atoms with van der Waals surface area (Å²) >= 11 is 9.47. The predicted octanol–water partition coefficient (Wildman–Crippen LogP) is 4.88. The Hall–Kier alpha value is -2.44. The molecular weight excluding hydrogens is 408 g/mol. The Kier molecular flexibility index (Phi) is 5.01. The number of ketones is 1. The van der Waals surface area contributed by atoms with Crippen LogP contribution in [0.2, 0.25) is 5.02 Å². The van der Waals surface area contributed by atoms with Gasteiger partial charge in [-0.05, 0) is 37.3 Å². The lowest BCUT2D eigenvalue weighted by Crippen LogP contribution is -2.15. The van der Waals surface area contributed by atoms with Crippen LogP contribution in [0, 0.1) is 6.92 Å². The molecule has 0 atom stereocenters. The molecule has 0 aliphatic rings.